The quantitative estimate of drug-likeness (QED) is 0.818. The third-order valence-electron chi connectivity index (χ3n) is 3.06. The second kappa shape index (κ2) is 7.45. The minimum absolute atomic E-state index is 0.308. The van der Waals surface area contributed by atoms with Crippen LogP contribution in [-0.2, 0) is 15.3 Å². The summed E-state index contributed by atoms with van der Waals surface area (Å²) in [5.41, 5.74) is 1.29. The van der Waals surface area contributed by atoms with E-state index in [2.05, 4.69) is 0 Å². The Morgan fingerprint density at radius 1 is 1.55 bits per heavy atom. The van der Waals surface area contributed by atoms with E-state index < -0.39 is 11.8 Å². The van der Waals surface area contributed by atoms with Gasteiger partial charge in [0.1, 0.15) is 5.82 Å². The highest BCUT2D eigenvalue weighted by Gasteiger charge is 2.15. The Morgan fingerprint density at radius 3 is 3.10 bits per heavy atom. The van der Waals surface area contributed by atoms with Crippen LogP contribution in [0, 0.1) is 5.82 Å². The van der Waals surface area contributed by atoms with Gasteiger partial charge in [-0.1, -0.05) is 6.07 Å². The van der Waals surface area contributed by atoms with Crippen LogP contribution in [0.1, 0.15) is 24.0 Å². The lowest BCUT2D eigenvalue weighted by atomic mass is 10.1. The molecule has 1 aromatic rings. The van der Waals surface area contributed by atoms with Gasteiger partial charge in [-0.15, -0.1) is 0 Å². The molecule has 2 rings (SSSR count). The highest BCUT2D eigenvalue weighted by molar-refractivity contribution is 7.98. The Bertz CT molecular complexity index is 496. The van der Waals surface area contributed by atoms with E-state index in [1.165, 1.54) is 12.1 Å². The molecule has 1 N–H and O–H groups in total. The molecule has 0 spiro atoms. The minimum atomic E-state index is -1.08. The van der Waals surface area contributed by atoms with Crippen LogP contribution in [0.5, 0.6) is 0 Å². The number of benzene rings is 1. The first kappa shape index (κ1) is 15.1. The molecule has 0 amide bonds. The summed E-state index contributed by atoms with van der Waals surface area (Å²) in [5.74, 6) is 0.226. The smallest absolute Gasteiger partial charge is 0.328 e. The van der Waals surface area contributed by atoms with Crippen LogP contribution in [-0.4, -0.2) is 29.5 Å². The minimum Gasteiger partial charge on any atom is -0.478 e. The van der Waals surface area contributed by atoms with Crippen LogP contribution in [0.25, 0.3) is 6.08 Å². The molecule has 1 saturated heterocycles. The van der Waals surface area contributed by atoms with E-state index in [0.29, 0.717) is 11.7 Å². The Morgan fingerprint density at radius 2 is 2.40 bits per heavy atom. The number of halogens is 1. The Labute approximate surface area is 121 Å². The van der Waals surface area contributed by atoms with Crippen molar-refractivity contribution in [1.29, 1.82) is 0 Å². The molecule has 1 aliphatic rings. The lowest BCUT2D eigenvalue weighted by Gasteiger charge is -2.09. The van der Waals surface area contributed by atoms with Crippen molar-refractivity contribution < 1.29 is 19.0 Å². The normalized spacial score (nSPS) is 18.8. The number of carboxylic acids is 1. The van der Waals surface area contributed by atoms with Gasteiger partial charge in [-0.05, 0) is 36.6 Å². The maximum Gasteiger partial charge on any atom is 0.328 e. The van der Waals surface area contributed by atoms with Crippen molar-refractivity contribution in [1.82, 2.24) is 0 Å². The predicted octanol–water partition coefficient (Wildman–Crippen LogP) is 3.34. The standard InChI is InChI=1S/C15H17FO3S/c16-14-5-3-11(8-12(14)4-6-15(17)18)9-20-10-13-2-1-7-19-13/h3-6,8,13H,1-2,7,9-10H2,(H,17,18)/b6-4+. The van der Waals surface area contributed by atoms with Gasteiger partial charge in [0, 0.05) is 29.8 Å². The first-order chi connectivity index (χ1) is 9.65. The van der Waals surface area contributed by atoms with E-state index in [4.69, 9.17) is 9.84 Å². The third kappa shape index (κ3) is 4.65. The molecular weight excluding hydrogens is 279 g/mol. The van der Waals surface area contributed by atoms with Gasteiger partial charge in [-0.3, -0.25) is 0 Å². The number of aliphatic carboxylic acids is 1. The second-order valence-corrected chi connectivity index (χ2v) is 5.71. The number of ether oxygens (including phenoxy) is 1. The fraction of sp³-hybridized carbons (Fsp3) is 0.400. The number of hydrogen-bond acceptors (Lipinski definition) is 3. The van der Waals surface area contributed by atoms with E-state index in [-0.39, 0.29) is 0 Å². The SMILES string of the molecule is O=C(O)/C=C/c1cc(CSCC2CCCO2)ccc1F. The van der Waals surface area contributed by atoms with Crippen molar-refractivity contribution in [3.05, 3.63) is 41.2 Å². The molecule has 0 aromatic heterocycles. The predicted molar refractivity (Wildman–Crippen MR) is 78.2 cm³/mol. The molecule has 1 fully saturated rings. The van der Waals surface area contributed by atoms with Gasteiger partial charge in [0.25, 0.3) is 0 Å². The lowest BCUT2D eigenvalue weighted by Crippen LogP contribution is -2.07. The van der Waals surface area contributed by atoms with E-state index in [9.17, 15) is 9.18 Å². The first-order valence-corrected chi connectivity index (χ1v) is 7.69. The molecule has 1 unspecified atom stereocenters. The first-order valence-electron chi connectivity index (χ1n) is 6.54. The number of rotatable bonds is 6. The summed E-state index contributed by atoms with van der Waals surface area (Å²) in [5, 5.41) is 8.57. The Balaban J connectivity index is 1.90. The van der Waals surface area contributed by atoms with Crippen LogP contribution in [0.3, 0.4) is 0 Å². The Hall–Kier alpha value is -1.33. The van der Waals surface area contributed by atoms with Crippen molar-refractivity contribution in [2.24, 2.45) is 0 Å². The molecule has 0 aliphatic carbocycles. The topological polar surface area (TPSA) is 46.5 Å². The molecule has 1 atom stereocenters. The van der Waals surface area contributed by atoms with Crippen molar-refractivity contribution in [2.75, 3.05) is 12.4 Å². The summed E-state index contributed by atoms with van der Waals surface area (Å²) in [6, 6.07) is 4.80. The van der Waals surface area contributed by atoms with Gasteiger partial charge < -0.3 is 9.84 Å². The molecule has 1 aliphatic heterocycles. The maximum absolute atomic E-state index is 13.5. The molecule has 5 heteroatoms. The highest BCUT2D eigenvalue weighted by Crippen LogP contribution is 2.21. The number of hydrogen-bond donors (Lipinski definition) is 1. The summed E-state index contributed by atoms with van der Waals surface area (Å²) < 4.78 is 19.1. The van der Waals surface area contributed by atoms with Crippen LogP contribution in [0.4, 0.5) is 4.39 Å². The molecule has 108 valence electrons. The van der Waals surface area contributed by atoms with Gasteiger partial charge >= 0.3 is 5.97 Å². The van der Waals surface area contributed by atoms with E-state index in [1.807, 2.05) is 0 Å². The van der Waals surface area contributed by atoms with Gasteiger partial charge in [0.15, 0.2) is 0 Å². The zero-order valence-electron chi connectivity index (χ0n) is 11.0. The maximum atomic E-state index is 13.5. The summed E-state index contributed by atoms with van der Waals surface area (Å²) in [4.78, 5) is 10.5. The summed E-state index contributed by atoms with van der Waals surface area (Å²) in [6.45, 7) is 0.853. The van der Waals surface area contributed by atoms with Crippen molar-refractivity contribution in [3.8, 4) is 0 Å². The number of carbonyl (C=O) groups is 1. The summed E-state index contributed by atoms with van der Waals surface area (Å²) in [6.07, 6.45) is 4.81. The van der Waals surface area contributed by atoms with Crippen molar-refractivity contribution in [3.63, 3.8) is 0 Å². The third-order valence-corrected chi connectivity index (χ3v) is 4.21. The number of thioether (sulfide) groups is 1. The van der Waals surface area contributed by atoms with Gasteiger partial charge in [0.2, 0.25) is 0 Å². The fourth-order valence-corrected chi connectivity index (χ4v) is 3.11. The Kier molecular flexibility index (Phi) is 5.61. The zero-order valence-corrected chi connectivity index (χ0v) is 11.9. The molecule has 3 nitrogen and oxygen atoms in total. The number of carboxylic acid groups (broad SMARTS) is 1. The molecule has 1 aromatic carbocycles. The van der Waals surface area contributed by atoms with Crippen LogP contribution >= 0.6 is 11.8 Å². The van der Waals surface area contributed by atoms with Crippen molar-refractivity contribution >= 4 is 23.8 Å². The average molecular weight is 296 g/mol. The van der Waals surface area contributed by atoms with Crippen LogP contribution < -0.4 is 0 Å². The average Bonchev–Trinajstić information content (AvgIpc) is 2.92. The van der Waals surface area contributed by atoms with Crippen LogP contribution in [0.15, 0.2) is 24.3 Å². The molecule has 1 heterocycles. The van der Waals surface area contributed by atoms with Gasteiger partial charge in [-0.25, -0.2) is 9.18 Å². The molecule has 0 bridgehead atoms. The van der Waals surface area contributed by atoms with E-state index >= 15 is 0 Å². The monoisotopic (exact) mass is 296 g/mol. The van der Waals surface area contributed by atoms with Crippen LogP contribution in [0.2, 0.25) is 0 Å². The zero-order chi connectivity index (χ0) is 14.4. The second-order valence-electron chi connectivity index (χ2n) is 4.68. The fourth-order valence-electron chi connectivity index (χ4n) is 2.06. The van der Waals surface area contributed by atoms with Gasteiger partial charge in [-0.2, -0.15) is 11.8 Å². The largest absolute Gasteiger partial charge is 0.478 e. The lowest BCUT2D eigenvalue weighted by molar-refractivity contribution is -0.131. The summed E-state index contributed by atoms with van der Waals surface area (Å²) >= 11 is 1.75. The van der Waals surface area contributed by atoms with Gasteiger partial charge in [0.05, 0.1) is 6.10 Å². The molecule has 0 saturated carbocycles. The van der Waals surface area contributed by atoms with E-state index in [1.54, 1.807) is 23.9 Å². The van der Waals surface area contributed by atoms with E-state index in [0.717, 1.165) is 42.6 Å². The molecular formula is C15H17FO3S. The highest BCUT2D eigenvalue weighted by atomic mass is 32.2. The summed E-state index contributed by atoms with van der Waals surface area (Å²) in [7, 11) is 0. The molecule has 0 radical (unpaired) electrons. The molecule has 20 heavy (non-hydrogen) atoms. The van der Waals surface area contributed by atoms with Crippen molar-refractivity contribution in [2.45, 2.75) is 24.7 Å².